The number of halogens is 3. The Morgan fingerprint density at radius 1 is 1.45 bits per heavy atom. The van der Waals surface area contributed by atoms with Crippen LogP contribution in [-0.2, 0) is 6.67 Å². The summed E-state index contributed by atoms with van der Waals surface area (Å²) in [6.45, 7) is -0.752. The van der Waals surface area contributed by atoms with Crippen molar-refractivity contribution in [2.24, 2.45) is 0 Å². The van der Waals surface area contributed by atoms with E-state index in [0.717, 1.165) is 12.1 Å². The van der Waals surface area contributed by atoms with Crippen LogP contribution in [-0.4, -0.2) is 5.11 Å². The number of aromatic hydroxyl groups is 1. The molecule has 0 bridgehead atoms. The summed E-state index contributed by atoms with van der Waals surface area (Å²) in [6.07, 6.45) is 0. The predicted molar refractivity (Wildman–Crippen MR) is 40.6 cm³/mol. The molecule has 0 aliphatic rings. The molecule has 1 aromatic carbocycles. The molecule has 1 aromatic rings. The molecule has 0 heterocycles. The van der Waals surface area contributed by atoms with Crippen LogP contribution in [0.3, 0.4) is 0 Å². The van der Waals surface area contributed by atoms with Crippen LogP contribution >= 0.6 is 15.9 Å². The topological polar surface area (TPSA) is 20.2 Å². The van der Waals surface area contributed by atoms with E-state index in [-0.39, 0.29) is 5.56 Å². The Kier molecular flexibility index (Phi) is 2.44. The van der Waals surface area contributed by atoms with Gasteiger partial charge in [-0.15, -0.1) is 0 Å². The lowest BCUT2D eigenvalue weighted by Gasteiger charge is -2.00. The Labute approximate surface area is 70.8 Å². The molecule has 0 atom stereocenters. The third-order valence-corrected chi connectivity index (χ3v) is 2.00. The molecule has 0 aliphatic carbocycles. The van der Waals surface area contributed by atoms with Crippen molar-refractivity contribution >= 4 is 15.9 Å². The molecule has 0 aliphatic heterocycles. The molecule has 4 heteroatoms. The summed E-state index contributed by atoms with van der Waals surface area (Å²) in [5.41, 5.74) is 0.195. The van der Waals surface area contributed by atoms with Crippen molar-refractivity contribution in [3.63, 3.8) is 0 Å². The minimum absolute atomic E-state index is 0.195. The number of hydrogen-bond donors (Lipinski definition) is 1. The van der Waals surface area contributed by atoms with E-state index in [2.05, 4.69) is 15.9 Å². The van der Waals surface area contributed by atoms with Crippen LogP contribution in [0.15, 0.2) is 16.6 Å². The maximum Gasteiger partial charge on any atom is 0.165 e. The highest BCUT2D eigenvalue weighted by atomic mass is 79.9. The Morgan fingerprint density at radius 2 is 2.09 bits per heavy atom. The van der Waals surface area contributed by atoms with E-state index in [1.807, 2.05) is 0 Å². The summed E-state index contributed by atoms with van der Waals surface area (Å²) in [4.78, 5) is 0. The summed E-state index contributed by atoms with van der Waals surface area (Å²) < 4.78 is 24.9. The van der Waals surface area contributed by atoms with Crippen molar-refractivity contribution in [3.8, 4) is 5.75 Å². The van der Waals surface area contributed by atoms with Crippen LogP contribution in [0.1, 0.15) is 5.56 Å². The van der Waals surface area contributed by atoms with E-state index in [1.165, 1.54) is 0 Å². The quantitative estimate of drug-likeness (QED) is 0.775. The van der Waals surface area contributed by atoms with Crippen LogP contribution in [0.4, 0.5) is 8.78 Å². The lowest BCUT2D eigenvalue weighted by molar-refractivity contribution is 0.427. The Morgan fingerprint density at radius 3 is 2.64 bits per heavy atom. The van der Waals surface area contributed by atoms with Gasteiger partial charge in [0.05, 0.1) is 0 Å². The predicted octanol–water partition coefficient (Wildman–Crippen LogP) is 2.76. The van der Waals surface area contributed by atoms with Gasteiger partial charge in [0.15, 0.2) is 11.6 Å². The van der Waals surface area contributed by atoms with Crippen molar-refractivity contribution in [1.82, 2.24) is 0 Å². The molecular formula is C7H5BrF2O. The highest BCUT2D eigenvalue weighted by Crippen LogP contribution is 2.25. The van der Waals surface area contributed by atoms with Gasteiger partial charge in [-0.3, -0.25) is 0 Å². The normalized spacial score (nSPS) is 10.1. The monoisotopic (exact) mass is 222 g/mol. The number of alkyl halides is 1. The Bertz CT molecular complexity index is 275. The first-order valence-corrected chi connectivity index (χ1v) is 3.67. The fraction of sp³-hybridized carbons (Fsp3) is 0.143. The average molecular weight is 223 g/mol. The number of hydrogen-bond acceptors (Lipinski definition) is 1. The smallest absolute Gasteiger partial charge is 0.165 e. The van der Waals surface area contributed by atoms with E-state index in [9.17, 15) is 8.78 Å². The molecule has 0 spiro atoms. The number of benzene rings is 1. The molecule has 0 fully saturated rings. The molecule has 0 unspecified atom stereocenters. The highest BCUT2D eigenvalue weighted by molar-refractivity contribution is 9.10. The lowest BCUT2D eigenvalue weighted by Crippen LogP contribution is -1.84. The molecule has 1 nitrogen and oxygen atoms in total. The summed E-state index contributed by atoms with van der Waals surface area (Å²) in [5.74, 6) is -1.28. The standard InChI is InChI=1S/C7H5BrF2O/c8-5-2-7(11)6(10)1-4(5)3-9/h1-2,11H,3H2. The Balaban J connectivity index is 3.21. The molecule has 1 N–H and O–H groups in total. The van der Waals surface area contributed by atoms with Gasteiger partial charge in [0.1, 0.15) is 6.67 Å². The molecule has 0 saturated heterocycles. The average Bonchev–Trinajstić information content (AvgIpc) is 1.97. The van der Waals surface area contributed by atoms with Gasteiger partial charge in [0, 0.05) is 10.0 Å². The molecule has 0 aromatic heterocycles. The van der Waals surface area contributed by atoms with Crippen LogP contribution in [0.25, 0.3) is 0 Å². The van der Waals surface area contributed by atoms with Gasteiger partial charge in [0.2, 0.25) is 0 Å². The van der Waals surface area contributed by atoms with Crippen molar-refractivity contribution in [2.45, 2.75) is 6.67 Å². The van der Waals surface area contributed by atoms with Crippen molar-refractivity contribution in [2.75, 3.05) is 0 Å². The van der Waals surface area contributed by atoms with Crippen LogP contribution in [0.5, 0.6) is 5.75 Å². The van der Waals surface area contributed by atoms with E-state index >= 15 is 0 Å². The summed E-state index contributed by atoms with van der Waals surface area (Å²) in [6, 6.07) is 2.09. The molecule has 0 saturated carbocycles. The van der Waals surface area contributed by atoms with Crippen molar-refractivity contribution < 1.29 is 13.9 Å². The van der Waals surface area contributed by atoms with Gasteiger partial charge >= 0.3 is 0 Å². The SMILES string of the molecule is Oc1cc(Br)c(CF)cc1F. The summed E-state index contributed by atoms with van der Waals surface area (Å²) in [7, 11) is 0. The second-order valence-electron chi connectivity index (χ2n) is 2.03. The van der Waals surface area contributed by atoms with Crippen LogP contribution in [0, 0.1) is 5.82 Å². The van der Waals surface area contributed by atoms with E-state index < -0.39 is 18.2 Å². The maximum atomic E-state index is 12.5. The number of rotatable bonds is 1. The van der Waals surface area contributed by atoms with Gasteiger partial charge < -0.3 is 5.11 Å². The first-order chi connectivity index (χ1) is 5.15. The van der Waals surface area contributed by atoms with E-state index in [0.29, 0.717) is 4.47 Å². The number of phenols is 1. The zero-order valence-electron chi connectivity index (χ0n) is 5.44. The zero-order chi connectivity index (χ0) is 8.43. The third-order valence-electron chi connectivity index (χ3n) is 1.26. The van der Waals surface area contributed by atoms with Crippen LogP contribution < -0.4 is 0 Å². The van der Waals surface area contributed by atoms with E-state index in [1.54, 1.807) is 0 Å². The fourth-order valence-electron chi connectivity index (χ4n) is 0.680. The largest absolute Gasteiger partial charge is 0.505 e. The second kappa shape index (κ2) is 3.17. The minimum Gasteiger partial charge on any atom is -0.505 e. The van der Waals surface area contributed by atoms with Gasteiger partial charge in [-0.05, 0) is 12.1 Å². The molecular weight excluding hydrogens is 218 g/mol. The summed E-state index contributed by atoms with van der Waals surface area (Å²) >= 11 is 2.97. The molecule has 0 radical (unpaired) electrons. The van der Waals surface area contributed by atoms with Gasteiger partial charge in [-0.25, -0.2) is 8.78 Å². The molecule has 1 rings (SSSR count). The second-order valence-corrected chi connectivity index (χ2v) is 2.88. The summed E-state index contributed by atoms with van der Waals surface area (Å²) in [5, 5.41) is 8.79. The van der Waals surface area contributed by atoms with E-state index in [4.69, 9.17) is 5.11 Å². The fourth-order valence-corrected chi connectivity index (χ4v) is 1.12. The molecule has 0 amide bonds. The van der Waals surface area contributed by atoms with Crippen LogP contribution in [0.2, 0.25) is 0 Å². The third kappa shape index (κ3) is 1.68. The lowest BCUT2D eigenvalue weighted by atomic mass is 10.2. The number of phenolic OH excluding ortho intramolecular Hbond substituents is 1. The first-order valence-electron chi connectivity index (χ1n) is 2.88. The molecule has 60 valence electrons. The minimum atomic E-state index is -0.805. The van der Waals surface area contributed by atoms with Gasteiger partial charge in [0.25, 0.3) is 0 Å². The first kappa shape index (κ1) is 8.46. The van der Waals surface area contributed by atoms with Gasteiger partial charge in [-0.1, -0.05) is 15.9 Å². The Hall–Kier alpha value is -0.640. The van der Waals surface area contributed by atoms with Crippen molar-refractivity contribution in [3.05, 3.63) is 28.0 Å². The van der Waals surface area contributed by atoms with Crippen molar-refractivity contribution in [1.29, 1.82) is 0 Å². The maximum absolute atomic E-state index is 12.5. The molecule has 11 heavy (non-hydrogen) atoms. The highest BCUT2D eigenvalue weighted by Gasteiger charge is 2.05. The zero-order valence-corrected chi connectivity index (χ0v) is 7.03. The van der Waals surface area contributed by atoms with Gasteiger partial charge in [-0.2, -0.15) is 0 Å².